The highest BCUT2D eigenvalue weighted by Gasteiger charge is 2.20. The van der Waals surface area contributed by atoms with Gasteiger partial charge in [0.2, 0.25) is 0 Å². The molecule has 0 fully saturated rings. The van der Waals surface area contributed by atoms with Gasteiger partial charge >= 0.3 is 0 Å². The average molecular weight is 312 g/mol. The zero-order chi connectivity index (χ0) is 15.4. The van der Waals surface area contributed by atoms with E-state index in [4.69, 9.17) is 15.2 Å². The monoisotopic (exact) mass is 312 g/mol. The number of hydrogen-bond acceptors (Lipinski definition) is 6. The van der Waals surface area contributed by atoms with Crippen molar-refractivity contribution < 1.29 is 14.3 Å². The number of aryl methyl sites for hydroxylation is 2. The molecular weight excluding hydrogens is 292 g/mol. The summed E-state index contributed by atoms with van der Waals surface area (Å²) in [4.78, 5) is 13.6. The molecule has 1 amide bonds. The first kappa shape index (κ1) is 15.7. The van der Waals surface area contributed by atoms with Gasteiger partial charge in [0.15, 0.2) is 0 Å². The van der Waals surface area contributed by atoms with E-state index in [2.05, 4.69) is 10.4 Å². The first-order valence-corrected chi connectivity index (χ1v) is 7.44. The van der Waals surface area contributed by atoms with Crippen LogP contribution < -0.4 is 11.1 Å². The molecule has 0 saturated carbocycles. The van der Waals surface area contributed by atoms with Crippen molar-refractivity contribution in [3.8, 4) is 0 Å². The summed E-state index contributed by atoms with van der Waals surface area (Å²) < 4.78 is 11.9. The summed E-state index contributed by atoms with van der Waals surface area (Å²) >= 11 is 1.35. The Hall–Kier alpha value is -1.64. The smallest absolute Gasteiger partial charge is 0.263 e. The second-order valence-electron chi connectivity index (χ2n) is 4.60. The number of fused-ring (bicyclic) bond motifs is 1. The zero-order valence-corrected chi connectivity index (χ0v) is 13.2. The van der Waals surface area contributed by atoms with Gasteiger partial charge in [-0.1, -0.05) is 0 Å². The van der Waals surface area contributed by atoms with Crippen LogP contribution in [0.3, 0.4) is 0 Å². The van der Waals surface area contributed by atoms with Gasteiger partial charge in [0, 0.05) is 20.7 Å². The van der Waals surface area contributed by atoms with E-state index in [9.17, 15) is 4.79 Å². The highest BCUT2D eigenvalue weighted by Crippen LogP contribution is 2.35. The number of nitrogens with zero attached hydrogens (tertiary/aromatic N) is 2. The number of carbonyl (C=O) groups excluding carboxylic acids is 1. The Morgan fingerprint density at radius 3 is 2.86 bits per heavy atom. The van der Waals surface area contributed by atoms with Crippen LogP contribution in [0.15, 0.2) is 0 Å². The molecule has 21 heavy (non-hydrogen) atoms. The van der Waals surface area contributed by atoms with Crippen molar-refractivity contribution >= 4 is 33.1 Å². The molecule has 0 aromatic carbocycles. The van der Waals surface area contributed by atoms with Crippen molar-refractivity contribution in [2.75, 3.05) is 39.2 Å². The van der Waals surface area contributed by atoms with Gasteiger partial charge in [0.05, 0.1) is 36.6 Å². The van der Waals surface area contributed by atoms with Crippen LogP contribution in [0.5, 0.6) is 0 Å². The molecule has 0 unspecified atom stereocenters. The fraction of sp³-hybridized carbons (Fsp3) is 0.538. The summed E-state index contributed by atoms with van der Waals surface area (Å²) in [6.07, 6.45) is 0. The first-order chi connectivity index (χ1) is 10.1. The maximum absolute atomic E-state index is 12.2. The van der Waals surface area contributed by atoms with Crippen molar-refractivity contribution in [2.24, 2.45) is 7.05 Å². The van der Waals surface area contributed by atoms with Gasteiger partial charge in [-0.15, -0.1) is 11.3 Å². The van der Waals surface area contributed by atoms with E-state index in [1.807, 2.05) is 14.0 Å². The van der Waals surface area contributed by atoms with Crippen molar-refractivity contribution in [1.29, 1.82) is 0 Å². The molecule has 2 rings (SSSR count). The molecule has 0 radical (unpaired) electrons. The third kappa shape index (κ3) is 3.34. The van der Waals surface area contributed by atoms with Crippen LogP contribution in [0, 0.1) is 6.92 Å². The van der Waals surface area contributed by atoms with E-state index < -0.39 is 0 Å². The van der Waals surface area contributed by atoms with Crippen molar-refractivity contribution in [1.82, 2.24) is 15.1 Å². The quantitative estimate of drug-likeness (QED) is 0.742. The number of aromatic nitrogens is 2. The number of anilines is 1. The number of rotatable bonds is 7. The molecule has 2 aromatic heterocycles. The maximum Gasteiger partial charge on any atom is 0.263 e. The van der Waals surface area contributed by atoms with Gasteiger partial charge in [0.25, 0.3) is 5.91 Å². The summed E-state index contributed by atoms with van der Waals surface area (Å²) in [5.74, 6) is -0.177. The van der Waals surface area contributed by atoms with E-state index in [0.717, 1.165) is 15.9 Å². The summed E-state index contributed by atoms with van der Waals surface area (Å²) in [5.41, 5.74) is 7.41. The Balaban J connectivity index is 1.97. The third-order valence-corrected chi connectivity index (χ3v) is 4.32. The van der Waals surface area contributed by atoms with E-state index in [0.29, 0.717) is 36.9 Å². The van der Waals surface area contributed by atoms with E-state index >= 15 is 0 Å². The lowest BCUT2D eigenvalue weighted by Gasteiger charge is -2.05. The number of nitrogens with one attached hydrogen (secondary N) is 1. The molecular formula is C13H20N4O3S. The van der Waals surface area contributed by atoms with Crippen LogP contribution in [-0.2, 0) is 16.5 Å². The number of amides is 1. The number of thiophene rings is 1. The lowest BCUT2D eigenvalue weighted by atomic mass is 10.2. The number of hydrogen-bond donors (Lipinski definition) is 2. The van der Waals surface area contributed by atoms with E-state index in [1.54, 1.807) is 11.8 Å². The second kappa shape index (κ2) is 6.88. The Morgan fingerprint density at radius 1 is 1.43 bits per heavy atom. The molecule has 0 saturated heterocycles. The van der Waals surface area contributed by atoms with Crippen LogP contribution in [0.1, 0.15) is 15.4 Å². The summed E-state index contributed by atoms with van der Waals surface area (Å²) in [6.45, 7) is 3.83. The van der Waals surface area contributed by atoms with Crippen LogP contribution in [0.2, 0.25) is 0 Å². The third-order valence-electron chi connectivity index (χ3n) is 3.05. The Labute approximate surface area is 127 Å². The number of nitrogens with two attached hydrogens (primary N) is 1. The van der Waals surface area contributed by atoms with Gasteiger partial charge in [-0.25, -0.2) is 0 Å². The van der Waals surface area contributed by atoms with Crippen LogP contribution in [0.4, 0.5) is 5.69 Å². The predicted octanol–water partition coefficient (Wildman–Crippen LogP) is 0.918. The maximum atomic E-state index is 12.2. The topological polar surface area (TPSA) is 91.4 Å². The highest BCUT2D eigenvalue weighted by molar-refractivity contribution is 7.21. The molecule has 7 nitrogen and oxygen atoms in total. The summed E-state index contributed by atoms with van der Waals surface area (Å²) in [6, 6.07) is 0. The Kier molecular flexibility index (Phi) is 5.16. The summed E-state index contributed by atoms with van der Waals surface area (Å²) in [5, 5.41) is 7.97. The average Bonchev–Trinajstić information content (AvgIpc) is 2.93. The lowest BCUT2D eigenvalue weighted by molar-refractivity contribution is 0.0693. The number of methoxy groups -OCH3 is 1. The second-order valence-corrected chi connectivity index (χ2v) is 5.59. The van der Waals surface area contributed by atoms with E-state index in [-0.39, 0.29) is 5.91 Å². The van der Waals surface area contributed by atoms with Crippen molar-refractivity contribution in [3.63, 3.8) is 0 Å². The number of carbonyl (C=O) groups is 1. The molecule has 0 spiro atoms. The van der Waals surface area contributed by atoms with E-state index in [1.165, 1.54) is 11.3 Å². The normalized spacial score (nSPS) is 11.2. The van der Waals surface area contributed by atoms with Gasteiger partial charge < -0.3 is 20.5 Å². The van der Waals surface area contributed by atoms with Crippen LogP contribution in [0.25, 0.3) is 10.2 Å². The van der Waals surface area contributed by atoms with Crippen molar-refractivity contribution in [2.45, 2.75) is 6.92 Å². The first-order valence-electron chi connectivity index (χ1n) is 6.62. The number of nitrogen functional groups attached to an aromatic ring is 1. The summed E-state index contributed by atoms with van der Waals surface area (Å²) in [7, 11) is 3.46. The SMILES string of the molecule is COCCOCCNC(=O)c1sc2c(c(C)nn2C)c1N. The van der Waals surface area contributed by atoms with Gasteiger partial charge in [0.1, 0.15) is 9.71 Å². The predicted molar refractivity (Wildman–Crippen MR) is 82.8 cm³/mol. The lowest BCUT2D eigenvalue weighted by Crippen LogP contribution is -2.27. The molecule has 8 heteroatoms. The van der Waals surface area contributed by atoms with Crippen LogP contribution >= 0.6 is 11.3 Å². The fourth-order valence-electron chi connectivity index (χ4n) is 2.06. The molecule has 0 aliphatic rings. The van der Waals surface area contributed by atoms with Gasteiger partial charge in [-0.05, 0) is 6.92 Å². The van der Waals surface area contributed by atoms with Gasteiger partial charge in [-0.2, -0.15) is 5.10 Å². The highest BCUT2D eigenvalue weighted by atomic mass is 32.1. The minimum absolute atomic E-state index is 0.177. The van der Waals surface area contributed by atoms with Crippen molar-refractivity contribution in [3.05, 3.63) is 10.6 Å². The standard InChI is InChI=1S/C13H20N4O3S/c1-8-9-10(14)11(21-13(9)17(2)16-8)12(18)15-4-5-20-7-6-19-3/h4-7,14H2,1-3H3,(H,15,18). The molecule has 0 atom stereocenters. The fourth-order valence-corrected chi connectivity index (χ4v) is 3.16. The number of ether oxygens (including phenoxy) is 2. The largest absolute Gasteiger partial charge is 0.397 e. The van der Waals surface area contributed by atoms with Crippen LogP contribution in [-0.4, -0.2) is 49.2 Å². The molecule has 0 aliphatic heterocycles. The minimum Gasteiger partial charge on any atom is -0.397 e. The van der Waals surface area contributed by atoms with Gasteiger partial charge in [-0.3, -0.25) is 9.48 Å². The molecule has 0 aliphatic carbocycles. The minimum atomic E-state index is -0.177. The molecule has 2 aromatic rings. The zero-order valence-electron chi connectivity index (χ0n) is 12.4. The molecule has 2 heterocycles. The molecule has 0 bridgehead atoms. The molecule has 116 valence electrons. The molecule has 3 N–H and O–H groups in total. The Morgan fingerprint density at radius 2 is 2.19 bits per heavy atom. The Bertz CT molecular complexity index is 635.